The van der Waals surface area contributed by atoms with Crippen LogP contribution in [0.15, 0.2) is 64.4 Å². The lowest BCUT2D eigenvalue weighted by atomic mass is 9.79. The molecular formula is C30H38N4O4S2. The molecule has 2 aliphatic rings. The lowest BCUT2D eigenvalue weighted by molar-refractivity contribution is -0.127. The average Bonchev–Trinajstić information content (AvgIpc) is 2.97. The number of benzene rings is 2. The first-order valence-electron chi connectivity index (χ1n) is 14.0. The van der Waals surface area contributed by atoms with Crippen molar-refractivity contribution in [3.63, 3.8) is 0 Å². The van der Waals surface area contributed by atoms with Crippen LogP contribution in [0.1, 0.15) is 44.1 Å². The van der Waals surface area contributed by atoms with Crippen molar-refractivity contribution in [1.82, 2.24) is 10.6 Å². The summed E-state index contributed by atoms with van der Waals surface area (Å²) < 4.78 is 25.9. The lowest BCUT2D eigenvalue weighted by Gasteiger charge is -2.40. The Bertz CT molecular complexity index is 1310. The molecule has 0 aromatic heterocycles. The number of hydrogen-bond donors (Lipinski definition) is 3. The Kier molecular flexibility index (Phi) is 10.3. The topological polar surface area (TPSA) is 142 Å². The normalized spacial score (nSPS) is 21.6. The maximum Gasteiger partial charge on any atom is 0.234 e. The van der Waals surface area contributed by atoms with Crippen LogP contribution in [0.2, 0.25) is 0 Å². The van der Waals surface area contributed by atoms with Crippen LogP contribution in [-0.4, -0.2) is 50.4 Å². The van der Waals surface area contributed by atoms with E-state index >= 15 is 0 Å². The van der Waals surface area contributed by atoms with Crippen molar-refractivity contribution in [3.8, 4) is 6.07 Å². The van der Waals surface area contributed by atoms with E-state index in [0.29, 0.717) is 19.3 Å². The Morgan fingerprint density at radius 3 is 2.35 bits per heavy atom. The number of primary amides is 1. The van der Waals surface area contributed by atoms with Crippen molar-refractivity contribution in [1.29, 1.82) is 5.26 Å². The summed E-state index contributed by atoms with van der Waals surface area (Å²) in [4.78, 5) is 26.7. The number of nitrogens with two attached hydrogens (primary N) is 1. The van der Waals surface area contributed by atoms with E-state index in [-0.39, 0.29) is 40.8 Å². The maximum atomic E-state index is 13.4. The van der Waals surface area contributed by atoms with Gasteiger partial charge in [-0.15, -0.1) is 11.8 Å². The molecule has 2 aromatic carbocycles. The molecule has 40 heavy (non-hydrogen) atoms. The smallest absolute Gasteiger partial charge is 0.234 e. The minimum absolute atomic E-state index is 0.0790. The molecule has 3 atom stereocenters. The number of piperidine rings is 1. The molecule has 214 valence electrons. The Morgan fingerprint density at radius 1 is 1.02 bits per heavy atom. The fourth-order valence-corrected chi connectivity index (χ4v) is 9.24. The van der Waals surface area contributed by atoms with Gasteiger partial charge in [-0.05, 0) is 86.9 Å². The van der Waals surface area contributed by atoms with Crippen LogP contribution in [0.4, 0.5) is 0 Å². The Balaban J connectivity index is 1.54. The average molecular weight is 583 g/mol. The molecule has 2 fully saturated rings. The second kappa shape index (κ2) is 13.7. The van der Waals surface area contributed by atoms with Gasteiger partial charge in [-0.25, -0.2) is 8.42 Å². The molecule has 0 bridgehead atoms. The number of amides is 2. The summed E-state index contributed by atoms with van der Waals surface area (Å²) in [7, 11) is -3.65. The molecule has 4 N–H and O–H groups in total. The van der Waals surface area contributed by atoms with Gasteiger partial charge in [0.2, 0.25) is 11.8 Å². The molecule has 4 rings (SSSR count). The maximum absolute atomic E-state index is 13.4. The quantitative estimate of drug-likeness (QED) is 0.272. The molecule has 2 amide bonds. The SMILES string of the molecule is N#CCNC(=O)[C@H]1CCCC[C@@H]1CS(=O)(=O)c1ccc(SC(Cc2ccccc2)(C(N)=O)C2CCNCC2)cc1. The number of nitrogens with one attached hydrogen (secondary N) is 2. The second-order valence-corrected chi connectivity index (χ2v) is 14.3. The van der Waals surface area contributed by atoms with E-state index in [1.54, 1.807) is 24.3 Å². The zero-order valence-corrected chi connectivity index (χ0v) is 24.3. The summed E-state index contributed by atoms with van der Waals surface area (Å²) >= 11 is 1.44. The number of carbonyl (C=O) groups is 2. The van der Waals surface area contributed by atoms with Gasteiger partial charge >= 0.3 is 0 Å². The molecule has 8 nitrogen and oxygen atoms in total. The fraction of sp³-hybridized carbons (Fsp3) is 0.500. The largest absolute Gasteiger partial charge is 0.368 e. The molecule has 1 saturated heterocycles. The third-order valence-electron chi connectivity index (χ3n) is 8.23. The Hall–Kier alpha value is -2.87. The summed E-state index contributed by atoms with van der Waals surface area (Å²) in [5.41, 5.74) is 7.18. The first kappa shape index (κ1) is 30.1. The Morgan fingerprint density at radius 2 is 1.70 bits per heavy atom. The summed E-state index contributed by atoms with van der Waals surface area (Å²) in [6.45, 7) is 1.56. The molecule has 0 spiro atoms. The lowest BCUT2D eigenvalue weighted by Crippen LogP contribution is -2.52. The number of nitrogens with zero attached hydrogens (tertiary/aromatic N) is 1. The van der Waals surface area contributed by atoms with E-state index in [0.717, 1.165) is 49.2 Å². The van der Waals surface area contributed by atoms with Crippen molar-refractivity contribution in [2.45, 2.75) is 59.5 Å². The van der Waals surface area contributed by atoms with Crippen LogP contribution in [0.25, 0.3) is 0 Å². The van der Waals surface area contributed by atoms with E-state index in [1.165, 1.54) is 11.8 Å². The van der Waals surface area contributed by atoms with E-state index in [9.17, 15) is 18.0 Å². The predicted molar refractivity (Wildman–Crippen MR) is 156 cm³/mol. The van der Waals surface area contributed by atoms with Crippen molar-refractivity contribution < 1.29 is 18.0 Å². The molecule has 2 aromatic rings. The molecular weight excluding hydrogens is 544 g/mol. The molecule has 1 aliphatic carbocycles. The van der Waals surface area contributed by atoms with Crippen LogP contribution in [0.5, 0.6) is 0 Å². The molecule has 1 aliphatic heterocycles. The van der Waals surface area contributed by atoms with Gasteiger partial charge in [0.15, 0.2) is 9.84 Å². The van der Waals surface area contributed by atoms with Gasteiger partial charge in [-0.3, -0.25) is 9.59 Å². The van der Waals surface area contributed by atoms with E-state index in [2.05, 4.69) is 10.6 Å². The summed E-state index contributed by atoms with van der Waals surface area (Å²) in [5, 5.41) is 14.8. The van der Waals surface area contributed by atoms with Gasteiger partial charge in [0, 0.05) is 10.8 Å². The number of sulfone groups is 1. The highest BCUT2D eigenvalue weighted by Crippen LogP contribution is 2.45. The van der Waals surface area contributed by atoms with Gasteiger partial charge in [0.05, 0.1) is 16.7 Å². The number of carbonyl (C=O) groups excluding carboxylic acids is 2. The first-order chi connectivity index (χ1) is 19.2. The van der Waals surface area contributed by atoms with Crippen molar-refractivity contribution in [2.75, 3.05) is 25.4 Å². The third kappa shape index (κ3) is 7.25. The number of rotatable bonds is 11. The van der Waals surface area contributed by atoms with Crippen LogP contribution in [-0.2, 0) is 25.8 Å². The van der Waals surface area contributed by atoms with E-state index < -0.39 is 20.5 Å². The molecule has 1 heterocycles. The summed E-state index contributed by atoms with van der Waals surface area (Å²) in [5.74, 6) is -1.34. The summed E-state index contributed by atoms with van der Waals surface area (Å²) in [6.07, 6.45) is 5.20. The van der Waals surface area contributed by atoms with Crippen LogP contribution < -0.4 is 16.4 Å². The van der Waals surface area contributed by atoms with Gasteiger partial charge in [0.25, 0.3) is 0 Å². The number of nitriles is 1. The Labute approximate surface area is 241 Å². The van der Waals surface area contributed by atoms with Crippen molar-refractivity contribution in [2.24, 2.45) is 23.5 Å². The van der Waals surface area contributed by atoms with Gasteiger partial charge in [-0.2, -0.15) is 5.26 Å². The van der Waals surface area contributed by atoms with E-state index in [4.69, 9.17) is 11.0 Å². The monoisotopic (exact) mass is 582 g/mol. The number of hydrogen-bond acceptors (Lipinski definition) is 7. The fourth-order valence-electron chi connectivity index (χ4n) is 6.10. The van der Waals surface area contributed by atoms with Gasteiger partial charge in [-0.1, -0.05) is 43.2 Å². The van der Waals surface area contributed by atoms with Gasteiger partial charge < -0.3 is 16.4 Å². The highest BCUT2D eigenvalue weighted by atomic mass is 32.2. The van der Waals surface area contributed by atoms with Crippen molar-refractivity contribution >= 4 is 33.4 Å². The van der Waals surface area contributed by atoms with Crippen LogP contribution in [0, 0.1) is 29.1 Å². The molecule has 0 radical (unpaired) electrons. The minimum atomic E-state index is -3.65. The van der Waals surface area contributed by atoms with Crippen molar-refractivity contribution in [3.05, 3.63) is 60.2 Å². The van der Waals surface area contributed by atoms with E-state index in [1.807, 2.05) is 36.4 Å². The zero-order chi connectivity index (χ0) is 28.6. The second-order valence-electron chi connectivity index (χ2n) is 10.8. The first-order valence-corrected chi connectivity index (χ1v) is 16.4. The minimum Gasteiger partial charge on any atom is -0.368 e. The van der Waals surface area contributed by atoms with Crippen LogP contribution in [0.3, 0.4) is 0 Å². The third-order valence-corrected chi connectivity index (χ3v) is 11.6. The highest BCUT2D eigenvalue weighted by molar-refractivity contribution is 8.01. The number of thioether (sulfide) groups is 1. The van der Waals surface area contributed by atoms with Crippen LogP contribution >= 0.6 is 11.8 Å². The standard InChI is InChI=1S/C30H38N4O4S2/c31-16-19-34-28(35)27-9-5-4-8-23(27)21-40(37,38)26-12-10-25(11-13-26)39-30(29(32)36,24-14-17-33-18-15-24)20-22-6-2-1-3-7-22/h1-3,6-7,10-13,23-24,27,33H,4-5,8-9,14-15,17-21H2,(H2,32,36)(H,34,35)/t23-,27+,30?/m1/s1. The predicted octanol–water partition coefficient (Wildman–Crippen LogP) is 3.46. The van der Waals surface area contributed by atoms with Gasteiger partial charge in [0.1, 0.15) is 11.3 Å². The molecule has 10 heteroatoms. The molecule has 1 unspecified atom stereocenters. The zero-order valence-electron chi connectivity index (χ0n) is 22.7. The highest BCUT2D eigenvalue weighted by Gasteiger charge is 2.45. The summed E-state index contributed by atoms with van der Waals surface area (Å²) in [6, 6.07) is 18.5. The molecule has 1 saturated carbocycles.